The van der Waals surface area contributed by atoms with Gasteiger partial charge in [-0.2, -0.15) is 4.31 Å². The molecular weight excluding hydrogens is 418 g/mol. The van der Waals surface area contributed by atoms with Crippen LogP contribution in [0.5, 0.6) is 5.75 Å². The molecule has 1 fully saturated rings. The Morgan fingerprint density at radius 1 is 1.24 bits per heavy atom. The molecule has 10 heteroatoms. The predicted molar refractivity (Wildman–Crippen MR) is 109 cm³/mol. The molecule has 1 aromatic heterocycles. The largest absolute Gasteiger partial charge is 0.492 e. The summed E-state index contributed by atoms with van der Waals surface area (Å²) in [6, 6.07) is 8.39. The fraction of sp³-hybridized carbons (Fsp3) is 0.421. The third-order valence-electron chi connectivity index (χ3n) is 4.66. The van der Waals surface area contributed by atoms with Crippen LogP contribution in [-0.4, -0.2) is 74.6 Å². The maximum absolute atomic E-state index is 12.8. The van der Waals surface area contributed by atoms with Crippen LogP contribution in [0.25, 0.3) is 0 Å². The molecule has 1 saturated heterocycles. The third-order valence-corrected chi connectivity index (χ3v) is 6.78. The monoisotopic (exact) mass is 441 g/mol. The van der Waals surface area contributed by atoms with Crippen molar-refractivity contribution in [1.29, 1.82) is 0 Å². The number of morpholine rings is 1. The summed E-state index contributed by atoms with van der Waals surface area (Å²) in [6.45, 7) is 2.00. The van der Waals surface area contributed by atoms with E-state index in [0.717, 1.165) is 0 Å². The van der Waals surface area contributed by atoms with Crippen molar-refractivity contribution in [3.8, 4) is 5.75 Å². The van der Waals surface area contributed by atoms with E-state index in [2.05, 4.69) is 0 Å². The topological polar surface area (TPSA) is 81.1 Å². The van der Waals surface area contributed by atoms with Crippen molar-refractivity contribution in [3.05, 3.63) is 47.2 Å². The lowest BCUT2D eigenvalue weighted by Gasteiger charge is -2.25. The van der Waals surface area contributed by atoms with E-state index in [1.54, 1.807) is 38.4 Å². The minimum absolute atomic E-state index is 0.107. The van der Waals surface area contributed by atoms with Crippen LogP contribution in [0.3, 0.4) is 0 Å². The number of benzene rings is 1. The van der Waals surface area contributed by atoms with E-state index in [4.69, 9.17) is 21.1 Å². The molecule has 0 atom stereocenters. The SMILES string of the molecule is CN(CCOc1ccc(Cl)cc1)C(=O)c1cc(S(=O)(=O)N2CCOCC2)cn1C. The Morgan fingerprint density at radius 2 is 1.90 bits per heavy atom. The average Bonchev–Trinajstić information content (AvgIpc) is 3.12. The van der Waals surface area contributed by atoms with Gasteiger partial charge in [-0.05, 0) is 30.3 Å². The van der Waals surface area contributed by atoms with Crippen molar-refractivity contribution in [1.82, 2.24) is 13.8 Å². The Labute approximate surface area is 175 Å². The minimum Gasteiger partial charge on any atom is -0.492 e. The highest BCUT2D eigenvalue weighted by atomic mass is 35.5. The first-order chi connectivity index (χ1) is 13.8. The molecule has 0 spiro atoms. The van der Waals surface area contributed by atoms with Gasteiger partial charge in [0, 0.05) is 38.4 Å². The standard InChI is InChI=1S/C19H24ClN3O5S/c1-21(7-12-28-16-5-3-15(20)4-6-16)19(24)18-13-17(14-22(18)2)29(25,26)23-8-10-27-11-9-23/h3-6,13-14H,7-12H2,1-2H3. The molecule has 8 nitrogen and oxygen atoms in total. The summed E-state index contributed by atoms with van der Waals surface area (Å²) >= 11 is 5.84. The van der Waals surface area contributed by atoms with Crippen molar-refractivity contribution in [2.75, 3.05) is 46.5 Å². The van der Waals surface area contributed by atoms with Crippen molar-refractivity contribution >= 4 is 27.5 Å². The number of aryl methyl sites for hydroxylation is 1. The van der Waals surface area contributed by atoms with Gasteiger partial charge in [0.25, 0.3) is 5.91 Å². The molecule has 1 amide bonds. The second-order valence-corrected chi connectivity index (χ2v) is 9.09. The van der Waals surface area contributed by atoms with E-state index in [1.165, 1.54) is 26.0 Å². The number of hydrogen-bond donors (Lipinski definition) is 0. The molecule has 0 bridgehead atoms. The number of nitrogens with zero attached hydrogens (tertiary/aromatic N) is 3. The van der Waals surface area contributed by atoms with Crippen LogP contribution in [0.15, 0.2) is 41.4 Å². The van der Waals surface area contributed by atoms with Gasteiger partial charge in [0.05, 0.1) is 19.8 Å². The van der Waals surface area contributed by atoms with Crippen LogP contribution >= 0.6 is 11.6 Å². The van der Waals surface area contributed by atoms with Crippen LogP contribution < -0.4 is 4.74 Å². The number of likely N-dealkylation sites (N-methyl/N-ethyl adjacent to an activating group) is 1. The zero-order valence-electron chi connectivity index (χ0n) is 16.4. The number of ether oxygens (including phenoxy) is 2. The van der Waals surface area contributed by atoms with E-state index in [9.17, 15) is 13.2 Å². The summed E-state index contributed by atoms with van der Waals surface area (Å²) in [7, 11) is -0.347. The van der Waals surface area contributed by atoms with Gasteiger partial charge in [-0.3, -0.25) is 4.79 Å². The fourth-order valence-corrected chi connectivity index (χ4v) is 4.56. The first kappa shape index (κ1) is 21.6. The van der Waals surface area contributed by atoms with E-state index < -0.39 is 10.0 Å². The van der Waals surface area contributed by atoms with Gasteiger partial charge in [-0.25, -0.2) is 8.42 Å². The predicted octanol–water partition coefficient (Wildman–Crippen LogP) is 1.85. The normalized spacial score (nSPS) is 15.3. The van der Waals surface area contributed by atoms with Gasteiger partial charge in [0.1, 0.15) is 22.9 Å². The first-order valence-corrected chi connectivity index (χ1v) is 11.0. The number of carbonyl (C=O) groups is 1. The molecule has 0 N–H and O–H groups in total. The van der Waals surface area contributed by atoms with Crippen LogP contribution in [0.2, 0.25) is 5.02 Å². The van der Waals surface area contributed by atoms with Gasteiger partial charge in [0.15, 0.2) is 0 Å². The quantitative estimate of drug-likeness (QED) is 0.655. The summed E-state index contributed by atoms with van der Waals surface area (Å²) in [6.07, 6.45) is 1.47. The number of halogens is 1. The molecule has 3 rings (SSSR count). The smallest absolute Gasteiger partial charge is 0.270 e. The molecule has 2 aromatic rings. The molecule has 158 valence electrons. The average molecular weight is 442 g/mol. The molecule has 0 aliphatic carbocycles. The number of hydrogen-bond acceptors (Lipinski definition) is 5. The van der Waals surface area contributed by atoms with Gasteiger partial charge < -0.3 is 18.9 Å². The Bertz CT molecular complexity index is 953. The lowest BCUT2D eigenvalue weighted by molar-refractivity contribution is 0.0730. The molecule has 1 aliphatic rings. The number of amides is 1. The van der Waals surface area contributed by atoms with Crippen molar-refractivity contribution in [2.24, 2.45) is 7.05 Å². The highest BCUT2D eigenvalue weighted by Gasteiger charge is 2.29. The molecule has 0 unspecified atom stereocenters. The van der Waals surface area contributed by atoms with Crippen molar-refractivity contribution in [2.45, 2.75) is 4.90 Å². The van der Waals surface area contributed by atoms with Crippen LogP contribution in [-0.2, 0) is 21.8 Å². The summed E-state index contributed by atoms with van der Waals surface area (Å²) in [5, 5.41) is 0.621. The summed E-state index contributed by atoms with van der Waals surface area (Å²) in [5.74, 6) is 0.378. The summed E-state index contributed by atoms with van der Waals surface area (Å²) < 4.78 is 39.3. The van der Waals surface area contributed by atoms with Crippen LogP contribution in [0, 0.1) is 0 Å². The fourth-order valence-electron chi connectivity index (χ4n) is 2.95. The van der Waals surface area contributed by atoms with E-state index >= 15 is 0 Å². The van der Waals surface area contributed by atoms with Gasteiger partial charge in [-0.1, -0.05) is 11.6 Å². The lowest BCUT2D eigenvalue weighted by atomic mass is 10.3. The molecule has 1 aliphatic heterocycles. The molecule has 0 saturated carbocycles. The maximum Gasteiger partial charge on any atom is 0.270 e. The Morgan fingerprint density at radius 3 is 2.55 bits per heavy atom. The van der Waals surface area contributed by atoms with Gasteiger partial charge in [-0.15, -0.1) is 0 Å². The highest BCUT2D eigenvalue weighted by Crippen LogP contribution is 2.20. The minimum atomic E-state index is -3.65. The van der Waals surface area contributed by atoms with E-state index in [-0.39, 0.29) is 10.8 Å². The maximum atomic E-state index is 12.8. The first-order valence-electron chi connectivity index (χ1n) is 9.17. The zero-order chi connectivity index (χ0) is 21.0. The molecular formula is C19H24ClN3O5S. The van der Waals surface area contributed by atoms with Crippen molar-refractivity contribution < 1.29 is 22.7 Å². The summed E-state index contributed by atoms with van der Waals surface area (Å²) in [5.41, 5.74) is 0.297. The van der Waals surface area contributed by atoms with E-state index in [1.807, 2.05) is 0 Å². The Balaban J connectivity index is 1.63. The number of aromatic nitrogens is 1. The zero-order valence-corrected chi connectivity index (χ0v) is 17.9. The molecule has 2 heterocycles. The van der Waals surface area contributed by atoms with Gasteiger partial charge in [0.2, 0.25) is 10.0 Å². The van der Waals surface area contributed by atoms with Crippen LogP contribution in [0.4, 0.5) is 0 Å². The molecule has 1 aromatic carbocycles. The lowest BCUT2D eigenvalue weighted by Crippen LogP contribution is -2.40. The van der Waals surface area contributed by atoms with E-state index in [0.29, 0.717) is 55.9 Å². The van der Waals surface area contributed by atoms with Crippen molar-refractivity contribution in [3.63, 3.8) is 0 Å². The number of carbonyl (C=O) groups excluding carboxylic acids is 1. The van der Waals surface area contributed by atoms with Crippen LogP contribution in [0.1, 0.15) is 10.5 Å². The number of rotatable bonds is 7. The van der Waals surface area contributed by atoms with Gasteiger partial charge >= 0.3 is 0 Å². The second kappa shape index (κ2) is 9.17. The Hall–Kier alpha value is -2.07. The molecule has 29 heavy (non-hydrogen) atoms. The third kappa shape index (κ3) is 5.11. The number of sulfonamides is 1. The second-order valence-electron chi connectivity index (χ2n) is 6.72. The highest BCUT2D eigenvalue weighted by molar-refractivity contribution is 7.89. The molecule has 0 radical (unpaired) electrons. The summed E-state index contributed by atoms with van der Waals surface area (Å²) in [4.78, 5) is 14.4. The Kier molecular flexibility index (Phi) is 6.84.